The van der Waals surface area contributed by atoms with E-state index < -0.39 is 12.1 Å². The SMILES string of the molecule is O=C(O)C1Cc2ccc(OCCc3cccnc3)cc2O1. The number of pyridine rings is 1. The maximum Gasteiger partial charge on any atom is 0.345 e. The molecule has 1 atom stereocenters. The van der Waals surface area contributed by atoms with Crippen LogP contribution in [-0.4, -0.2) is 28.8 Å². The summed E-state index contributed by atoms with van der Waals surface area (Å²) in [6, 6.07) is 9.35. The van der Waals surface area contributed by atoms with E-state index in [2.05, 4.69) is 4.98 Å². The van der Waals surface area contributed by atoms with E-state index in [4.69, 9.17) is 14.6 Å². The average molecular weight is 285 g/mol. The predicted molar refractivity (Wildman–Crippen MR) is 75.6 cm³/mol. The smallest absolute Gasteiger partial charge is 0.345 e. The van der Waals surface area contributed by atoms with Gasteiger partial charge in [0.2, 0.25) is 0 Å². The zero-order valence-corrected chi connectivity index (χ0v) is 11.4. The summed E-state index contributed by atoms with van der Waals surface area (Å²) >= 11 is 0. The highest BCUT2D eigenvalue weighted by Gasteiger charge is 2.28. The van der Waals surface area contributed by atoms with E-state index in [1.807, 2.05) is 30.5 Å². The van der Waals surface area contributed by atoms with Crippen LogP contribution in [0.1, 0.15) is 11.1 Å². The highest BCUT2D eigenvalue weighted by atomic mass is 16.5. The van der Waals surface area contributed by atoms with Crippen LogP contribution in [0, 0.1) is 0 Å². The molecule has 0 radical (unpaired) electrons. The number of nitrogens with zero attached hydrogens (tertiary/aromatic N) is 1. The molecule has 0 amide bonds. The van der Waals surface area contributed by atoms with E-state index in [-0.39, 0.29) is 0 Å². The van der Waals surface area contributed by atoms with E-state index in [9.17, 15) is 4.79 Å². The lowest BCUT2D eigenvalue weighted by molar-refractivity contribution is -0.144. The first-order valence-electron chi connectivity index (χ1n) is 6.76. The van der Waals surface area contributed by atoms with Crippen LogP contribution in [0.3, 0.4) is 0 Å². The molecule has 5 nitrogen and oxygen atoms in total. The van der Waals surface area contributed by atoms with Gasteiger partial charge in [0.15, 0.2) is 6.10 Å². The number of carboxylic acids is 1. The summed E-state index contributed by atoms with van der Waals surface area (Å²) in [6.07, 6.45) is 3.93. The van der Waals surface area contributed by atoms with Crippen molar-refractivity contribution in [2.75, 3.05) is 6.61 Å². The number of rotatable bonds is 5. The Morgan fingerprint density at radius 2 is 2.33 bits per heavy atom. The summed E-state index contributed by atoms with van der Waals surface area (Å²) in [5, 5.41) is 8.96. The molecule has 0 spiro atoms. The molecule has 0 saturated carbocycles. The van der Waals surface area contributed by atoms with Crippen molar-refractivity contribution in [1.82, 2.24) is 4.98 Å². The van der Waals surface area contributed by atoms with Gasteiger partial charge in [-0.2, -0.15) is 0 Å². The number of aromatic nitrogens is 1. The lowest BCUT2D eigenvalue weighted by Crippen LogP contribution is -2.24. The van der Waals surface area contributed by atoms with Crippen LogP contribution in [0.25, 0.3) is 0 Å². The largest absolute Gasteiger partial charge is 0.493 e. The summed E-state index contributed by atoms with van der Waals surface area (Å²) in [7, 11) is 0. The van der Waals surface area contributed by atoms with Gasteiger partial charge < -0.3 is 14.6 Å². The van der Waals surface area contributed by atoms with Crippen LogP contribution in [0.2, 0.25) is 0 Å². The molecule has 1 N–H and O–H groups in total. The number of hydrogen-bond donors (Lipinski definition) is 1. The van der Waals surface area contributed by atoms with Crippen molar-refractivity contribution in [1.29, 1.82) is 0 Å². The third-order valence-corrected chi connectivity index (χ3v) is 3.37. The highest BCUT2D eigenvalue weighted by molar-refractivity contribution is 5.74. The highest BCUT2D eigenvalue weighted by Crippen LogP contribution is 2.32. The Balaban J connectivity index is 1.59. The molecule has 2 heterocycles. The molecule has 2 aromatic rings. The molecule has 0 bridgehead atoms. The fraction of sp³-hybridized carbons (Fsp3) is 0.250. The normalized spacial score (nSPS) is 16.1. The van der Waals surface area contributed by atoms with Crippen molar-refractivity contribution >= 4 is 5.97 Å². The first-order chi connectivity index (χ1) is 10.2. The minimum Gasteiger partial charge on any atom is -0.493 e. The van der Waals surface area contributed by atoms with Crippen molar-refractivity contribution in [3.8, 4) is 11.5 Å². The lowest BCUT2D eigenvalue weighted by atomic mass is 10.1. The molecule has 5 heteroatoms. The molecular weight excluding hydrogens is 270 g/mol. The van der Waals surface area contributed by atoms with Gasteiger partial charge in [-0.1, -0.05) is 12.1 Å². The summed E-state index contributed by atoms with van der Waals surface area (Å²) in [4.78, 5) is 15.0. The maximum atomic E-state index is 10.9. The molecule has 0 saturated heterocycles. The third-order valence-electron chi connectivity index (χ3n) is 3.37. The van der Waals surface area contributed by atoms with Gasteiger partial charge in [0.1, 0.15) is 11.5 Å². The van der Waals surface area contributed by atoms with Crippen molar-refractivity contribution in [3.63, 3.8) is 0 Å². The Morgan fingerprint density at radius 1 is 1.43 bits per heavy atom. The van der Waals surface area contributed by atoms with Crippen molar-refractivity contribution in [2.45, 2.75) is 18.9 Å². The number of hydrogen-bond acceptors (Lipinski definition) is 4. The molecule has 3 rings (SSSR count). The monoisotopic (exact) mass is 285 g/mol. The van der Waals surface area contributed by atoms with E-state index >= 15 is 0 Å². The van der Waals surface area contributed by atoms with Gasteiger partial charge in [-0.15, -0.1) is 0 Å². The lowest BCUT2D eigenvalue weighted by Gasteiger charge is -2.08. The fourth-order valence-corrected chi connectivity index (χ4v) is 2.27. The van der Waals surface area contributed by atoms with Gasteiger partial charge in [0.25, 0.3) is 0 Å². The van der Waals surface area contributed by atoms with Gasteiger partial charge in [0, 0.05) is 31.3 Å². The van der Waals surface area contributed by atoms with Crippen molar-refractivity contribution < 1.29 is 19.4 Å². The van der Waals surface area contributed by atoms with Crippen LogP contribution < -0.4 is 9.47 Å². The average Bonchev–Trinajstić information content (AvgIpc) is 2.92. The molecule has 1 aromatic carbocycles. The Kier molecular flexibility index (Phi) is 3.73. The van der Waals surface area contributed by atoms with Gasteiger partial charge in [-0.05, 0) is 23.3 Å². The number of benzene rings is 1. The van der Waals surface area contributed by atoms with E-state index in [0.717, 1.165) is 17.5 Å². The van der Waals surface area contributed by atoms with Crippen molar-refractivity contribution in [2.24, 2.45) is 0 Å². The van der Waals surface area contributed by atoms with Gasteiger partial charge in [-0.3, -0.25) is 4.98 Å². The van der Waals surface area contributed by atoms with Gasteiger partial charge in [-0.25, -0.2) is 4.79 Å². The number of ether oxygens (including phenoxy) is 2. The van der Waals surface area contributed by atoms with Crippen LogP contribution in [0.15, 0.2) is 42.7 Å². The maximum absolute atomic E-state index is 10.9. The standard InChI is InChI=1S/C16H15NO4/c18-16(19)15-8-12-3-4-13(9-14(12)21-15)20-7-5-11-2-1-6-17-10-11/h1-4,6,9-10,15H,5,7-8H2,(H,18,19). The predicted octanol–water partition coefficient (Wildman–Crippen LogP) is 2.09. The van der Waals surface area contributed by atoms with Crippen LogP contribution in [0.4, 0.5) is 0 Å². The minimum atomic E-state index is -0.940. The second-order valence-electron chi connectivity index (χ2n) is 4.88. The van der Waals surface area contributed by atoms with E-state index in [1.165, 1.54) is 0 Å². The third kappa shape index (κ3) is 3.13. The van der Waals surface area contributed by atoms with Crippen LogP contribution in [0.5, 0.6) is 11.5 Å². The van der Waals surface area contributed by atoms with Crippen LogP contribution >= 0.6 is 0 Å². The molecule has 1 unspecified atom stereocenters. The molecular formula is C16H15NO4. The molecule has 21 heavy (non-hydrogen) atoms. The van der Waals surface area contributed by atoms with E-state index in [0.29, 0.717) is 24.5 Å². The van der Waals surface area contributed by atoms with Crippen LogP contribution in [-0.2, 0) is 17.6 Å². The Morgan fingerprint density at radius 3 is 3.10 bits per heavy atom. The summed E-state index contributed by atoms with van der Waals surface area (Å²) in [6.45, 7) is 0.535. The zero-order chi connectivity index (χ0) is 14.7. The fourth-order valence-electron chi connectivity index (χ4n) is 2.27. The molecule has 1 aromatic heterocycles. The first kappa shape index (κ1) is 13.4. The number of carbonyl (C=O) groups is 1. The Bertz CT molecular complexity index is 642. The Hall–Kier alpha value is -2.56. The molecule has 108 valence electrons. The zero-order valence-electron chi connectivity index (χ0n) is 11.4. The van der Waals surface area contributed by atoms with Crippen molar-refractivity contribution in [3.05, 3.63) is 53.9 Å². The summed E-state index contributed by atoms with van der Waals surface area (Å²) in [5.41, 5.74) is 2.02. The molecule has 1 aliphatic rings. The van der Waals surface area contributed by atoms with Gasteiger partial charge >= 0.3 is 5.97 Å². The summed E-state index contributed by atoms with van der Waals surface area (Å²) in [5.74, 6) is 0.343. The minimum absolute atomic E-state index is 0.403. The quantitative estimate of drug-likeness (QED) is 0.911. The number of carboxylic acid groups (broad SMARTS) is 1. The molecule has 0 fully saturated rings. The Labute approximate surface area is 122 Å². The second kappa shape index (κ2) is 5.83. The summed E-state index contributed by atoms with van der Waals surface area (Å²) < 4.78 is 11.1. The topological polar surface area (TPSA) is 68.7 Å². The number of aliphatic carboxylic acids is 1. The van der Waals surface area contributed by atoms with Gasteiger partial charge in [0.05, 0.1) is 6.61 Å². The molecule has 1 aliphatic heterocycles. The second-order valence-corrected chi connectivity index (χ2v) is 4.88. The molecule has 0 aliphatic carbocycles. The first-order valence-corrected chi connectivity index (χ1v) is 6.76. The van der Waals surface area contributed by atoms with E-state index in [1.54, 1.807) is 12.3 Å². The number of fused-ring (bicyclic) bond motifs is 1.